The van der Waals surface area contributed by atoms with Crippen molar-refractivity contribution in [2.24, 2.45) is 0 Å². The Morgan fingerprint density at radius 1 is 1.12 bits per heavy atom. The summed E-state index contributed by atoms with van der Waals surface area (Å²) in [6.45, 7) is 5.71. The van der Waals surface area contributed by atoms with Gasteiger partial charge < -0.3 is 4.79 Å². The van der Waals surface area contributed by atoms with Crippen LogP contribution in [-0.2, 0) is 11.2 Å². The van der Waals surface area contributed by atoms with E-state index in [9.17, 15) is 9.18 Å². The molecular weight excluding hydrogens is 346 g/mol. The highest BCUT2D eigenvalue weighted by Crippen LogP contribution is 2.33. The van der Waals surface area contributed by atoms with Gasteiger partial charge in [0.1, 0.15) is 11.6 Å². The first kappa shape index (κ1) is 19.0. The molecule has 2 rings (SSSR count). The van der Waals surface area contributed by atoms with E-state index in [1.807, 2.05) is 18.2 Å². The third kappa shape index (κ3) is 4.58. The highest BCUT2D eigenvalue weighted by atomic mass is 35.5. The van der Waals surface area contributed by atoms with Crippen LogP contribution in [0, 0.1) is 5.82 Å². The van der Waals surface area contributed by atoms with Crippen LogP contribution in [0.4, 0.5) is 4.39 Å². The highest BCUT2D eigenvalue weighted by Gasteiger charge is 2.21. The Morgan fingerprint density at radius 2 is 1.83 bits per heavy atom. The van der Waals surface area contributed by atoms with E-state index >= 15 is 0 Å². The van der Waals surface area contributed by atoms with Crippen molar-refractivity contribution in [2.75, 3.05) is 0 Å². The van der Waals surface area contributed by atoms with E-state index in [4.69, 9.17) is 23.2 Å². The summed E-state index contributed by atoms with van der Waals surface area (Å²) in [7, 11) is 0. The van der Waals surface area contributed by atoms with Gasteiger partial charge >= 0.3 is 0 Å². The molecule has 0 saturated heterocycles. The second kappa shape index (κ2) is 8.13. The maximum Gasteiger partial charge on any atom is 0.145 e. The summed E-state index contributed by atoms with van der Waals surface area (Å²) < 4.78 is 14.5. The monoisotopic (exact) mass is 366 g/mol. The SMILES string of the molecule is CC(=O)CC(Cc1ccc(Cl)cc1C(C)C)c1cccc(Cl)c1F. The van der Waals surface area contributed by atoms with Crippen LogP contribution >= 0.6 is 23.2 Å². The lowest BCUT2D eigenvalue weighted by molar-refractivity contribution is -0.117. The van der Waals surface area contributed by atoms with Crippen molar-refractivity contribution >= 4 is 29.0 Å². The zero-order chi connectivity index (χ0) is 17.9. The van der Waals surface area contributed by atoms with Crippen LogP contribution in [0.3, 0.4) is 0 Å². The Kier molecular flexibility index (Phi) is 6.42. The minimum Gasteiger partial charge on any atom is -0.300 e. The molecular formula is C20H21Cl2FO. The highest BCUT2D eigenvalue weighted by molar-refractivity contribution is 6.31. The van der Waals surface area contributed by atoms with Crippen molar-refractivity contribution in [2.45, 2.75) is 45.4 Å². The van der Waals surface area contributed by atoms with Crippen LogP contribution in [0.5, 0.6) is 0 Å². The topological polar surface area (TPSA) is 17.1 Å². The molecule has 1 atom stereocenters. The lowest BCUT2D eigenvalue weighted by Gasteiger charge is -2.21. The molecule has 0 amide bonds. The van der Waals surface area contributed by atoms with E-state index in [-0.39, 0.29) is 23.1 Å². The number of carbonyl (C=O) groups is 1. The molecule has 0 radical (unpaired) electrons. The van der Waals surface area contributed by atoms with Gasteiger partial charge in [-0.3, -0.25) is 0 Å². The van der Waals surface area contributed by atoms with E-state index in [0.29, 0.717) is 22.9 Å². The van der Waals surface area contributed by atoms with E-state index in [0.717, 1.165) is 11.1 Å². The fourth-order valence-corrected chi connectivity index (χ4v) is 3.39. The van der Waals surface area contributed by atoms with E-state index in [2.05, 4.69) is 13.8 Å². The second-order valence-electron chi connectivity index (χ2n) is 6.45. The van der Waals surface area contributed by atoms with Crippen molar-refractivity contribution in [3.8, 4) is 0 Å². The van der Waals surface area contributed by atoms with Gasteiger partial charge in [-0.05, 0) is 60.1 Å². The number of hydrogen-bond donors (Lipinski definition) is 0. The minimum atomic E-state index is -0.439. The Morgan fingerprint density at radius 3 is 2.46 bits per heavy atom. The number of ketones is 1. The van der Waals surface area contributed by atoms with E-state index in [1.54, 1.807) is 12.1 Å². The van der Waals surface area contributed by atoms with Gasteiger partial charge in [0.2, 0.25) is 0 Å². The fraction of sp³-hybridized carbons (Fsp3) is 0.350. The second-order valence-corrected chi connectivity index (χ2v) is 7.29. The van der Waals surface area contributed by atoms with Gasteiger partial charge in [0.25, 0.3) is 0 Å². The number of rotatable bonds is 6. The molecule has 24 heavy (non-hydrogen) atoms. The van der Waals surface area contributed by atoms with E-state index in [1.165, 1.54) is 13.0 Å². The van der Waals surface area contributed by atoms with Crippen molar-refractivity contribution in [3.63, 3.8) is 0 Å². The van der Waals surface area contributed by atoms with Crippen molar-refractivity contribution in [1.29, 1.82) is 0 Å². The van der Waals surface area contributed by atoms with Crippen LogP contribution in [0.15, 0.2) is 36.4 Å². The van der Waals surface area contributed by atoms with Gasteiger partial charge in [-0.1, -0.05) is 55.2 Å². The summed E-state index contributed by atoms with van der Waals surface area (Å²) in [5.41, 5.74) is 2.70. The first-order valence-electron chi connectivity index (χ1n) is 8.01. The summed E-state index contributed by atoms with van der Waals surface area (Å²) in [6, 6.07) is 10.7. The Labute approximate surface area is 152 Å². The lowest BCUT2D eigenvalue weighted by atomic mass is 9.84. The molecule has 0 aliphatic rings. The zero-order valence-electron chi connectivity index (χ0n) is 14.1. The van der Waals surface area contributed by atoms with Crippen LogP contribution < -0.4 is 0 Å². The molecule has 4 heteroatoms. The third-order valence-corrected chi connectivity index (χ3v) is 4.68. The lowest BCUT2D eigenvalue weighted by Crippen LogP contribution is -2.11. The van der Waals surface area contributed by atoms with Crippen LogP contribution in [-0.4, -0.2) is 5.78 Å². The van der Waals surface area contributed by atoms with Crippen molar-refractivity contribution < 1.29 is 9.18 Å². The summed E-state index contributed by atoms with van der Waals surface area (Å²) in [5.74, 6) is -0.370. The number of Topliss-reactive ketones (excluding diaryl/α,β-unsaturated/α-hetero) is 1. The zero-order valence-corrected chi connectivity index (χ0v) is 15.6. The molecule has 0 saturated carbocycles. The summed E-state index contributed by atoms with van der Waals surface area (Å²) >= 11 is 12.0. The molecule has 1 nitrogen and oxygen atoms in total. The molecule has 0 spiro atoms. The summed E-state index contributed by atoms with van der Waals surface area (Å²) in [6.07, 6.45) is 0.846. The molecule has 0 bridgehead atoms. The van der Waals surface area contributed by atoms with Gasteiger partial charge in [0, 0.05) is 11.4 Å². The Hall–Kier alpha value is -1.38. The molecule has 0 N–H and O–H groups in total. The molecule has 0 heterocycles. The van der Waals surface area contributed by atoms with E-state index < -0.39 is 5.82 Å². The summed E-state index contributed by atoms with van der Waals surface area (Å²) in [5, 5.41) is 0.765. The van der Waals surface area contributed by atoms with Crippen molar-refractivity contribution in [3.05, 3.63) is 69.0 Å². The average Bonchev–Trinajstić information content (AvgIpc) is 2.50. The maximum atomic E-state index is 14.5. The van der Waals surface area contributed by atoms with Gasteiger partial charge in [0.15, 0.2) is 0 Å². The third-order valence-electron chi connectivity index (χ3n) is 4.15. The average molecular weight is 367 g/mol. The maximum absolute atomic E-state index is 14.5. The van der Waals surface area contributed by atoms with Crippen LogP contribution in [0.1, 0.15) is 55.7 Å². The van der Waals surface area contributed by atoms with Gasteiger partial charge in [0.05, 0.1) is 5.02 Å². The first-order valence-corrected chi connectivity index (χ1v) is 8.76. The molecule has 1 unspecified atom stereocenters. The van der Waals surface area contributed by atoms with Crippen LogP contribution in [0.2, 0.25) is 10.0 Å². The first-order chi connectivity index (χ1) is 11.3. The number of carbonyl (C=O) groups excluding carboxylic acids is 1. The number of halogens is 3. The molecule has 2 aromatic rings. The fourth-order valence-electron chi connectivity index (χ4n) is 3.03. The number of benzene rings is 2. The van der Waals surface area contributed by atoms with Gasteiger partial charge in [-0.2, -0.15) is 0 Å². The smallest absolute Gasteiger partial charge is 0.145 e. The van der Waals surface area contributed by atoms with Crippen molar-refractivity contribution in [1.82, 2.24) is 0 Å². The Bertz CT molecular complexity index is 740. The molecule has 2 aromatic carbocycles. The van der Waals surface area contributed by atoms with Crippen LogP contribution in [0.25, 0.3) is 0 Å². The number of hydrogen-bond acceptors (Lipinski definition) is 1. The molecule has 128 valence electrons. The largest absolute Gasteiger partial charge is 0.300 e. The normalized spacial score (nSPS) is 12.5. The summed E-state index contributed by atoms with van der Waals surface area (Å²) in [4.78, 5) is 11.7. The van der Waals surface area contributed by atoms with Gasteiger partial charge in [-0.15, -0.1) is 0 Å². The predicted octanol–water partition coefficient (Wildman–Crippen LogP) is 6.56. The molecule has 0 aliphatic carbocycles. The molecule has 0 aliphatic heterocycles. The standard InChI is InChI=1S/C20H21Cl2FO/c1-12(2)18-11-16(21)8-7-14(18)10-15(9-13(3)24)17-5-4-6-19(22)20(17)23/h4-8,11-12,15H,9-10H2,1-3H3. The van der Waals surface area contributed by atoms with Gasteiger partial charge in [-0.25, -0.2) is 4.39 Å². The molecule has 0 fully saturated rings. The Balaban J connectivity index is 2.44. The minimum absolute atomic E-state index is 0.0273. The molecule has 0 aromatic heterocycles. The predicted molar refractivity (Wildman–Crippen MR) is 98.7 cm³/mol. The quantitative estimate of drug-likeness (QED) is 0.565.